The lowest BCUT2D eigenvalue weighted by Crippen LogP contribution is -2.62. The van der Waals surface area contributed by atoms with Gasteiger partial charge in [0.2, 0.25) is 35.3 Å². The minimum Gasteiger partial charge on any atom is -0.349 e. The number of rotatable bonds is 18. The van der Waals surface area contributed by atoms with Crippen LogP contribution in [-0.2, 0) is 33.6 Å². The molecule has 0 bridgehead atoms. The number of ketones is 1. The van der Waals surface area contributed by atoms with Crippen LogP contribution in [0.15, 0.2) is 30.3 Å². The fourth-order valence-corrected chi connectivity index (χ4v) is 4.97. The lowest BCUT2D eigenvalue weighted by molar-refractivity contribution is -0.141. The number of unbranched alkanes of at least 4 members (excludes halogenated alkanes) is 1. The van der Waals surface area contributed by atoms with Crippen molar-refractivity contribution >= 4 is 41.2 Å². The summed E-state index contributed by atoms with van der Waals surface area (Å²) in [6, 6.07) is 3.78. The number of Topliss-reactive ketones (excluding diaryl/α,β-unsaturated/α-hetero) is 1. The minimum atomic E-state index is -1.45. The van der Waals surface area contributed by atoms with Crippen LogP contribution in [0.2, 0.25) is 0 Å². The summed E-state index contributed by atoms with van der Waals surface area (Å²) in [4.78, 5) is 93.5. The third-order valence-electron chi connectivity index (χ3n) is 8.11. The molecule has 280 valence electrons. The summed E-state index contributed by atoms with van der Waals surface area (Å²) in [6.45, 7) is 14.1. The Morgan fingerprint density at radius 3 is 1.78 bits per heavy atom. The van der Waals surface area contributed by atoms with Crippen molar-refractivity contribution in [3.63, 3.8) is 0 Å². The lowest BCUT2D eigenvalue weighted by Gasteiger charge is -2.36. The molecule has 0 saturated heterocycles. The Balaban J connectivity index is 3.20. The Bertz CT molecular complexity index is 1340. The first-order valence-electron chi connectivity index (χ1n) is 17.1. The van der Waals surface area contributed by atoms with Crippen molar-refractivity contribution in [2.75, 3.05) is 20.6 Å². The highest BCUT2D eigenvalue weighted by molar-refractivity contribution is 6.38. The van der Waals surface area contributed by atoms with Crippen molar-refractivity contribution < 1.29 is 33.6 Å². The zero-order valence-corrected chi connectivity index (χ0v) is 31.4. The Labute approximate surface area is 296 Å². The molecular formula is C36H59N7O7. The summed E-state index contributed by atoms with van der Waals surface area (Å²) in [7, 11) is 2.98. The molecule has 0 fully saturated rings. The van der Waals surface area contributed by atoms with Gasteiger partial charge in [-0.2, -0.15) is 0 Å². The van der Waals surface area contributed by atoms with Gasteiger partial charge in [0.15, 0.2) is 0 Å². The summed E-state index contributed by atoms with van der Waals surface area (Å²) in [6.07, 6.45) is 1.47. The van der Waals surface area contributed by atoms with E-state index in [0.717, 1.165) is 5.56 Å². The fraction of sp³-hybridized carbons (Fsp3) is 0.639. The first-order valence-corrected chi connectivity index (χ1v) is 17.1. The molecule has 0 saturated carbocycles. The summed E-state index contributed by atoms with van der Waals surface area (Å²) in [5, 5.41) is 13.3. The van der Waals surface area contributed by atoms with Crippen molar-refractivity contribution in [2.24, 2.45) is 16.6 Å². The molecule has 14 heteroatoms. The van der Waals surface area contributed by atoms with Gasteiger partial charge in [0.25, 0.3) is 5.91 Å². The fourth-order valence-electron chi connectivity index (χ4n) is 4.97. The highest BCUT2D eigenvalue weighted by Crippen LogP contribution is 2.24. The van der Waals surface area contributed by atoms with Gasteiger partial charge in [0.1, 0.15) is 18.1 Å². The standard InChI is InChI=1S/C36H59N7O7/c1-11-24(23-17-13-12-14-18-23)39-32(48)28(46)22(2)38-31(47)25(21-27(45)43(9)10)40-33(49)30(36(6,7)8)42-34(50)29(35(3,4)5)41-26(44)19-15-16-20-37/h12-14,17-18,22,24-25,29-30H,11,15-16,19-21,37H2,1-10H3,(H,38,47)(H,39,48)(H,40,49)(H,41,44)(H,42,50)/t22-,24+,25-,29+,30+/m0/s1. The topological polar surface area (TPSA) is 209 Å². The van der Waals surface area contributed by atoms with E-state index in [4.69, 9.17) is 5.73 Å². The van der Waals surface area contributed by atoms with Crippen LogP contribution in [0.1, 0.15) is 99.1 Å². The van der Waals surface area contributed by atoms with Crippen molar-refractivity contribution in [2.45, 2.75) is 118 Å². The normalized spacial score (nSPS) is 14.5. The number of nitrogens with one attached hydrogen (secondary N) is 5. The molecule has 1 rings (SSSR count). The molecule has 1 aromatic carbocycles. The highest BCUT2D eigenvalue weighted by atomic mass is 16.2. The van der Waals surface area contributed by atoms with Crippen LogP contribution in [0.4, 0.5) is 0 Å². The molecule has 5 atom stereocenters. The van der Waals surface area contributed by atoms with Crippen LogP contribution in [0, 0.1) is 10.8 Å². The molecule has 14 nitrogen and oxygen atoms in total. The Morgan fingerprint density at radius 1 is 0.740 bits per heavy atom. The van der Waals surface area contributed by atoms with Gasteiger partial charge < -0.3 is 37.2 Å². The van der Waals surface area contributed by atoms with Gasteiger partial charge >= 0.3 is 0 Å². The van der Waals surface area contributed by atoms with Gasteiger partial charge in [-0.25, -0.2) is 0 Å². The molecule has 7 N–H and O–H groups in total. The van der Waals surface area contributed by atoms with Crippen molar-refractivity contribution in [1.29, 1.82) is 0 Å². The quantitative estimate of drug-likeness (QED) is 0.0974. The largest absolute Gasteiger partial charge is 0.349 e. The van der Waals surface area contributed by atoms with E-state index in [1.807, 2.05) is 37.3 Å². The number of carbonyl (C=O) groups is 7. The van der Waals surface area contributed by atoms with Crippen LogP contribution in [0.3, 0.4) is 0 Å². The molecular weight excluding hydrogens is 642 g/mol. The SMILES string of the molecule is CC[C@@H](NC(=O)C(=O)[C@H](C)NC(=O)[C@H](CC(=O)N(C)C)NC(=O)[C@@H](NC(=O)[C@@H](NC(=O)CCCCN)C(C)(C)C)C(C)(C)C)c1ccccc1. The maximum Gasteiger partial charge on any atom is 0.290 e. The van der Waals surface area contributed by atoms with E-state index < -0.39 is 82.8 Å². The van der Waals surface area contributed by atoms with E-state index in [1.54, 1.807) is 41.5 Å². The maximum absolute atomic E-state index is 13.8. The molecule has 0 aliphatic rings. The van der Waals surface area contributed by atoms with E-state index in [-0.39, 0.29) is 12.3 Å². The Morgan fingerprint density at radius 2 is 1.28 bits per heavy atom. The van der Waals surface area contributed by atoms with Crippen LogP contribution < -0.4 is 32.3 Å². The van der Waals surface area contributed by atoms with Gasteiger partial charge in [-0.3, -0.25) is 33.6 Å². The monoisotopic (exact) mass is 701 g/mol. The Kier molecular flexibility index (Phi) is 17.3. The van der Waals surface area contributed by atoms with Gasteiger partial charge in [0.05, 0.1) is 18.5 Å². The van der Waals surface area contributed by atoms with Gasteiger partial charge in [0, 0.05) is 20.5 Å². The number of hydrogen-bond acceptors (Lipinski definition) is 8. The molecule has 0 radical (unpaired) electrons. The van der Waals surface area contributed by atoms with E-state index >= 15 is 0 Å². The maximum atomic E-state index is 13.8. The van der Waals surface area contributed by atoms with E-state index in [0.29, 0.717) is 25.8 Å². The molecule has 0 aromatic heterocycles. The number of carbonyl (C=O) groups excluding carboxylic acids is 7. The minimum absolute atomic E-state index is 0.186. The molecule has 0 unspecified atom stereocenters. The number of amides is 6. The van der Waals surface area contributed by atoms with Crippen LogP contribution in [-0.4, -0.2) is 90.9 Å². The zero-order chi connectivity index (χ0) is 38.4. The molecule has 1 aromatic rings. The van der Waals surface area contributed by atoms with Gasteiger partial charge in [-0.15, -0.1) is 0 Å². The predicted molar refractivity (Wildman–Crippen MR) is 191 cm³/mol. The molecule has 0 aliphatic heterocycles. The second kappa shape index (κ2) is 19.8. The molecule has 50 heavy (non-hydrogen) atoms. The number of nitrogens with zero attached hydrogens (tertiary/aromatic N) is 1. The van der Waals surface area contributed by atoms with E-state index in [9.17, 15) is 33.6 Å². The van der Waals surface area contributed by atoms with E-state index in [1.165, 1.54) is 25.9 Å². The first kappa shape index (κ1) is 43.7. The second-order valence-electron chi connectivity index (χ2n) is 14.9. The van der Waals surface area contributed by atoms with Crippen LogP contribution in [0.5, 0.6) is 0 Å². The number of hydrogen-bond donors (Lipinski definition) is 6. The molecule has 0 spiro atoms. The van der Waals surface area contributed by atoms with Crippen molar-refractivity contribution in [3.05, 3.63) is 35.9 Å². The smallest absolute Gasteiger partial charge is 0.290 e. The summed E-state index contributed by atoms with van der Waals surface area (Å²) in [5.74, 6) is -4.84. The highest BCUT2D eigenvalue weighted by Gasteiger charge is 2.40. The van der Waals surface area contributed by atoms with Crippen molar-refractivity contribution in [3.8, 4) is 0 Å². The van der Waals surface area contributed by atoms with Crippen LogP contribution >= 0.6 is 0 Å². The number of benzene rings is 1. The zero-order valence-electron chi connectivity index (χ0n) is 31.4. The molecule has 0 heterocycles. The van der Waals surface area contributed by atoms with Crippen molar-refractivity contribution in [1.82, 2.24) is 31.5 Å². The average molecular weight is 702 g/mol. The predicted octanol–water partition coefficient (Wildman–Crippen LogP) is 1.48. The first-order chi connectivity index (χ1) is 23.1. The molecule has 0 aliphatic carbocycles. The summed E-state index contributed by atoms with van der Waals surface area (Å²) in [5.41, 5.74) is 4.74. The molecule has 6 amide bonds. The third kappa shape index (κ3) is 14.3. The average Bonchev–Trinajstić information content (AvgIpc) is 3.03. The van der Waals surface area contributed by atoms with E-state index in [2.05, 4.69) is 26.6 Å². The Hall–Kier alpha value is -4.33. The van der Waals surface area contributed by atoms with Gasteiger partial charge in [-0.1, -0.05) is 78.8 Å². The van der Waals surface area contributed by atoms with Gasteiger partial charge in [-0.05, 0) is 49.1 Å². The second-order valence-corrected chi connectivity index (χ2v) is 14.9. The van der Waals surface area contributed by atoms with Crippen LogP contribution in [0.25, 0.3) is 0 Å². The summed E-state index contributed by atoms with van der Waals surface area (Å²) >= 11 is 0. The summed E-state index contributed by atoms with van der Waals surface area (Å²) < 4.78 is 0. The third-order valence-corrected chi connectivity index (χ3v) is 8.11. The lowest BCUT2D eigenvalue weighted by atomic mass is 9.83. The number of nitrogens with two attached hydrogens (primary N) is 1.